The van der Waals surface area contributed by atoms with Crippen LogP contribution < -0.4 is 5.32 Å². The molecule has 3 unspecified atom stereocenters. The lowest BCUT2D eigenvalue weighted by atomic mass is 9.98. The maximum Gasteiger partial charge on any atom is 0.407 e. The molecule has 2 aliphatic rings. The van der Waals surface area contributed by atoms with E-state index in [4.69, 9.17) is 14.2 Å². The Morgan fingerprint density at radius 2 is 1.74 bits per heavy atom. The largest absolute Gasteiger partial charge is 0.480 e. The van der Waals surface area contributed by atoms with Crippen LogP contribution in [-0.2, 0) is 23.8 Å². The summed E-state index contributed by atoms with van der Waals surface area (Å²) in [5.41, 5.74) is 4.55. The Balaban J connectivity index is 1.30. The summed E-state index contributed by atoms with van der Waals surface area (Å²) in [6.45, 7) is 2.38. The van der Waals surface area contributed by atoms with Crippen molar-refractivity contribution in [3.63, 3.8) is 0 Å². The van der Waals surface area contributed by atoms with Gasteiger partial charge in [-0.1, -0.05) is 48.5 Å². The van der Waals surface area contributed by atoms with E-state index in [1.807, 2.05) is 36.4 Å². The van der Waals surface area contributed by atoms with Gasteiger partial charge >= 0.3 is 12.1 Å². The van der Waals surface area contributed by atoms with Gasteiger partial charge in [-0.3, -0.25) is 4.79 Å². The van der Waals surface area contributed by atoms with Crippen LogP contribution in [0.4, 0.5) is 4.79 Å². The van der Waals surface area contributed by atoms with Crippen molar-refractivity contribution >= 4 is 18.0 Å². The molecule has 1 heterocycles. The molecule has 2 N–H and O–H groups in total. The Morgan fingerprint density at radius 1 is 1.11 bits per heavy atom. The Kier molecular flexibility index (Phi) is 7.67. The monoisotopic (exact) mass is 482 g/mol. The molecule has 0 radical (unpaired) electrons. The van der Waals surface area contributed by atoms with Gasteiger partial charge in [0.05, 0.1) is 12.7 Å². The number of carboxylic acids is 1. The molecule has 1 fully saturated rings. The van der Waals surface area contributed by atoms with Gasteiger partial charge in [-0.2, -0.15) is 0 Å². The number of benzene rings is 2. The van der Waals surface area contributed by atoms with Crippen LogP contribution >= 0.6 is 0 Å². The van der Waals surface area contributed by atoms with E-state index < -0.39 is 36.2 Å². The van der Waals surface area contributed by atoms with Crippen LogP contribution in [0.3, 0.4) is 0 Å². The first-order valence-electron chi connectivity index (χ1n) is 11.7. The normalized spacial score (nSPS) is 20.0. The molecule has 9 heteroatoms. The fourth-order valence-corrected chi connectivity index (χ4v) is 4.88. The van der Waals surface area contributed by atoms with E-state index >= 15 is 0 Å². The van der Waals surface area contributed by atoms with Gasteiger partial charge in [-0.15, -0.1) is 0 Å². The highest BCUT2D eigenvalue weighted by molar-refractivity contribution is 5.87. The molecular formula is C26H30N2O7. The minimum atomic E-state index is -1.13. The van der Waals surface area contributed by atoms with Crippen LogP contribution in [-0.4, -0.2) is 79.6 Å². The van der Waals surface area contributed by atoms with Gasteiger partial charge < -0.3 is 29.5 Å². The van der Waals surface area contributed by atoms with Crippen LogP contribution in [0.2, 0.25) is 0 Å². The van der Waals surface area contributed by atoms with E-state index in [-0.39, 0.29) is 38.6 Å². The quantitative estimate of drug-likeness (QED) is 0.594. The number of ether oxygens (including phenoxy) is 3. The summed E-state index contributed by atoms with van der Waals surface area (Å²) in [6.07, 6.45) is -1.92. The van der Waals surface area contributed by atoms with Crippen molar-refractivity contribution in [1.29, 1.82) is 0 Å². The molecule has 35 heavy (non-hydrogen) atoms. The fourth-order valence-electron chi connectivity index (χ4n) is 4.88. The topological polar surface area (TPSA) is 114 Å². The summed E-state index contributed by atoms with van der Waals surface area (Å²) in [6, 6.07) is 15.1. The predicted octanol–water partition coefficient (Wildman–Crippen LogP) is 2.63. The first kappa shape index (κ1) is 24.7. The summed E-state index contributed by atoms with van der Waals surface area (Å²) >= 11 is 0. The molecule has 0 saturated carbocycles. The molecule has 1 aliphatic carbocycles. The van der Waals surface area contributed by atoms with Crippen LogP contribution in [0.5, 0.6) is 0 Å². The number of carbonyl (C=O) groups is 3. The summed E-state index contributed by atoms with van der Waals surface area (Å²) in [5.74, 6) is -1.61. The molecule has 0 spiro atoms. The molecular weight excluding hydrogens is 452 g/mol. The van der Waals surface area contributed by atoms with E-state index in [0.29, 0.717) is 0 Å². The van der Waals surface area contributed by atoms with Gasteiger partial charge in [0.1, 0.15) is 12.7 Å². The van der Waals surface area contributed by atoms with Crippen molar-refractivity contribution in [2.24, 2.45) is 0 Å². The predicted molar refractivity (Wildman–Crippen MR) is 127 cm³/mol. The second kappa shape index (κ2) is 10.9. The molecule has 3 atom stereocenters. The summed E-state index contributed by atoms with van der Waals surface area (Å²) in [7, 11) is 1.38. The summed E-state index contributed by atoms with van der Waals surface area (Å²) < 4.78 is 16.2. The number of morpholine rings is 1. The Morgan fingerprint density at radius 3 is 2.34 bits per heavy atom. The molecule has 0 bridgehead atoms. The second-order valence-corrected chi connectivity index (χ2v) is 8.66. The number of methoxy groups -OCH3 is 1. The zero-order valence-corrected chi connectivity index (χ0v) is 19.8. The van der Waals surface area contributed by atoms with Gasteiger partial charge in [0, 0.05) is 32.5 Å². The molecule has 2 aromatic carbocycles. The number of aliphatic carboxylic acids is 1. The molecule has 1 saturated heterocycles. The molecule has 0 aromatic heterocycles. The van der Waals surface area contributed by atoms with Crippen molar-refractivity contribution < 1.29 is 33.7 Å². The van der Waals surface area contributed by atoms with Gasteiger partial charge in [0.15, 0.2) is 6.04 Å². The van der Waals surface area contributed by atoms with Gasteiger partial charge in [0.25, 0.3) is 5.91 Å². The third-order valence-electron chi connectivity index (χ3n) is 6.61. The van der Waals surface area contributed by atoms with E-state index in [2.05, 4.69) is 17.4 Å². The van der Waals surface area contributed by atoms with Crippen molar-refractivity contribution in [3.8, 4) is 11.1 Å². The minimum absolute atomic E-state index is 0.0438. The minimum Gasteiger partial charge on any atom is -0.480 e. The number of carboxylic acid groups (broad SMARTS) is 1. The number of fused-ring (bicyclic) bond motifs is 3. The lowest BCUT2D eigenvalue weighted by Crippen LogP contribution is -2.59. The van der Waals surface area contributed by atoms with Crippen molar-refractivity contribution in [2.45, 2.75) is 37.5 Å². The highest BCUT2D eigenvalue weighted by Gasteiger charge is 2.40. The number of hydrogen-bond donors (Lipinski definition) is 2. The first-order chi connectivity index (χ1) is 16.9. The Hall–Kier alpha value is -3.43. The Bertz CT molecular complexity index is 1040. The van der Waals surface area contributed by atoms with Gasteiger partial charge in [-0.05, 0) is 29.2 Å². The maximum atomic E-state index is 12.9. The zero-order chi connectivity index (χ0) is 24.9. The van der Waals surface area contributed by atoms with E-state index in [9.17, 15) is 19.5 Å². The highest BCUT2D eigenvalue weighted by Crippen LogP contribution is 2.44. The van der Waals surface area contributed by atoms with E-state index in [1.54, 1.807) is 6.92 Å². The van der Waals surface area contributed by atoms with E-state index in [0.717, 1.165) is 22.3 Å². The first-order valence-corrected chi connectivity index (χ1v) is 11.7. The van der Waals surface area contributed by atoms with E-state index in [1.165, 1.54) is 12.0 Å². The number of nitrogens with zero attached hydrogens (tertiary/aromatic N) is 1. The van der Waals surface area contributed by atoms with Crippen molar-refractivity contribution in [3.05, 3.63) is 59.7 Å². The third-order valence-corrected chi connectivity index (χ3v) is 6.61. The van der Waals surface area contributed by atoms with Gasteiger partial charge in [0.2, 0.25) is 0 Å². The van der Waals surface area contributed by atoms with Crippen LogP contribution in [0.1, 0.15) is 30.4 Å². The van der Waals surface area contributed by atoms with Crippen molar-refractivity contribution in [2.75, 3.05) is 33.4 Å². The Labute approximate surface area is 204 Å². The van der Waals surface area contributed by atoms with Crippen LogP contribution in [0, 0.1) is 0 Å². The molecule has 186 valence electrons. The fraction of sp³-hybridized carbons (Fsp3) is 0.423. The third kappa shape index (κ3) is 5.16. The molecule has 2 aromatic rings. The number of rotatable bonds is 8. The number of nitrogens with one attached hydrogen (secondary N) is 1. The second-order valence-electron chi connectivity index (χ2n) is 8.66. The number of amides is 2. The number of carbonyl (C=O) groups excluding carboxylic acids is 2. The molecule has 9 nitrogen and oxygen atoms in total. The molecule has 2 amide bonds. The zero-order valence-electron chi connectivity index (χ0n) is 19.8. The number of hydrogen-bond acceptors (Lipinski definition) is 6. The summed E-state index contributed by atoms with van der Waals surface area (Å²) in [4.78, 5) is 38.2. The standard InChI is InChI=1S/C26H30N2O7/c1-16-23(25(30)31)28(13-14-34-16)24(29)22(33-2)11-12-27-26(32)35-15-21-19-9-5-3-7-17(19)18-8-4-6-10-20(18)21/h3-10,16,21-23H,11-15H2,1-2H3,(H,27,32)(H,30,31). The van der Waals surface area contributed by atoms with Crippen LogP contribution in [0.15, 0.2) is 48.5 Å². The smallest absolute Gasteiger partial charge is 0.407 e. The lowest BCUT2D eigenvalue weighted by Gasteiger charge is -2.38. The van der Waals surface area contributed by atoms with Crippen LogP contribution in [0.25, 0.3) is 11.1 Å². The summed E-state index contributed by atoms with van der Waals surface area (Å²) in [5, 5.41) is 12.2. The average Bonchev–Trinajstić information content (AvgIpc) is 3.18. The van der Waals surface area contributed by atoms with Gasteiger partial charge in [-0.25, -0.2) is 9.59 Å². The molecule has 4 rings (SSSR count). The number of alkyl carbamates (subject to hydrolysis) is 1. The van der Waals surface area contributed by atoms with Crippen molar-refractivity contribution in [1.82, 2.24) is 10.2 Å². The highest BCUT2D eigenvalue weighted by atomic mass is 16.5. The SMILES string of the molecule is COC(CCNC(=O)OCC1c2ccccc2-c2ccccc21)C(=O)N1CCOC(C)C1C(=O)O. The lowest BCUT2D eigenvalue weighted by molar-refractivity contribution is -0.170. The maximum absolute atomic E-state index is 12.9. The average molecular weight is 483 g/mol. The molecule has 1 aliphatic heterocycles.